The first-order valence-electron chi connectivity index (χ1n) is 18.8. The maximum absolute atomic E-state index is 13.3. The zero-order chi connectivity index (χ0) is 40.7. The summed E-state index contributed by atoms with van der Waals surface area (Å²) in [6.45, 7) is 12.2. The first-order chi connectivity index (χ1) is 27.5. The van der Waals surface area contributed by atoms with Gasteiger partial charge in [-0.1, -0.05) is 23.8 Å². The van der Waals surface area contributed by atoms with E-state index in [9.17, 15) is 23.6 Å². The number of halogens is 1. The zero-order valence-corrected chi connectivity index (χ0v) is 32.7. The number of amides is 4. The summed E-state index contributed by atoms with van der Waals surface area (Å²) in [5.41, 5.74) is 5.69. The minimum atomic E-state index is -0.399. The van der Waals surface area contributed by atoms with Crippen LogP contribution in [0, 0.1) is 33.5 Å². The second-order valence-electron chi connectivity index (χ2n) is 13.4. The number of carbonyl (C=O) groups excluding carboxylic acids is 4. The zero-order valence-electron chi connectivity index (χ0n) is 32.7. The van der Waals surface area contributed by atoms with Crippen LogP contribution >= 0.6 is 0 Å². The number of hydrogen-bond acceptors (Lipinski definition) is 11. The van der Waals surface area contributed by atoms with Gasteiger partial charge in [-0.05, 0) is 95.3 Å². The molecule has 0 aliphatic carbocycles. The highest BCUT2D eigenvalue weighted by atomic mass is 19.1. The van der Waals surface area contributed by atoms with Gasteiger partial charge in [0, 0.05) is 43.2 Å². The molecule has 57 heavy (non-hydrogen) atoms. The summed E-state index contributed by atoms with van der Waals surface area (Å²) in [5.74, 6) is 0.394. The van der Waals surface area contributed by atoms with Gasteiger partial charge in [-0.15, -0.1) is 0 Å². The van der Waals surface area contributed by atoms with Gasteiger partial charge >= 0.3 is 24.4 Å². The number of pyridine rings is 1. The molecule has 4 aliphatic rings. The number of aryl methyl sites for hydroxylation is 4. The first kappa shape index (κ1) is 41.8. The number of anilines is 4. The minimum absolute atomic E-state index is 0.236. The molecule has 0 saturated carbocycles. The Balaban J connectivity index is 0.000000145. The monoisotopic (exact) mass is 785 g/mol. The van der Waals surface area contributed by atoms with Gasteiger partial charge in [0.15, 0.2) is 0 Å². The van der Waals surface area contributed by atoms with Gasteiger partial charge < -0.3 is 18.9 Å². The molecule has 4 amide bonds. The summed E-state index contributed by atoms with van der Waals surface area (Å²) in [5, 5.41) is 0. The summed E-state index contributed by atoms with van der Waals surface area (Å²) in [6.07, 6.45) is 7.14. The van der Waals surface area contributed by atoms with E-state index in [1.54, 1.807) is 59.3 Å². The van der Waals surface area contributed by atoms with E-state index in [0.29, 0.717) is 68.8 Å². The lowest BCUT2D eigenvalue weighted by Gasteiger charge is -2.26. The number of hydrogen-bond donors (Lipinski definition) is 0. The van der Waals surface area contributed by atoms with Gasteiger partial charge in [-0.25, -0.2) is 33.5 Å². The summed E-state index contributed by atoms with van der Waals surface area (Å²) in [6, 6.07) is 16.4. The fourth-order valence-electron chi connectivity index (χ4n) is 5.76. The van der Waals surface area contributed by atoms with E-state index in [1.807, 2.05) is 50.2 Å². The maximum atomic E-state index is 13.3. The van der Waals surface area contributed by atoms with Crippen molar-refractivity contribution in [3.05, 3.63) is 102 Å². The lowest BCUT2D eigenvalue weighted by molar-refractivity contribution is 0.139. The average Bonchev–Trinajstić information content (AvgIpc) is 3.22. The molecular formula is C41H48FN7O8. The van der Waals surface area contributed by atoms with Crippen molar-refractivity contribution in [1.82, 2.24) is 15.0 Å². The molecule has 0 unspecified atom stereocenters. The molecule has 4 fully saturated rings. The van der Waals surface area contributed by atoms with Crippen molar-refractivity contribution in [2.75, 3.05) is 72.2 Å². The topological polar surface area (TPSA) is 157 Å². The molecule has 4 saturated heterocycles. The van der Waals surface area contributed by atoms with E-state index in [2.05, 4.69) is 15.0 Å². The van der Waals surface area contributed by atoms with Crippen LogP contribution < -0.4 is 19.6 Å². The molecule has 2 aromatic carbocycles. The molecule has 302 valence electrons. The van der Waals surface area contributed by atoms with Crippen LogP contribution in [-0.4, -0.2) is 91.9 Å². The Morgan fingerprint density at radius 2 is 0.895 bits per heavy atom. The molecule has 16 heteroatoms. The molecule has 2 aromatic heterocycles. The smallest absolute Gasteiger partial charge is 0.414 e. The van der Waals surface area contributed by atoms with E-state index >= 15 is 0 Å². The Labute approximate surface area is 331 Å². The summed E-state index contributed by atoms with van der Waals surface area (Å²) in [7, 11) is 0. The lowest BCUT2D eigenvalue weighted by Crippen LogP contribution is -2.37. The number of cyclic esters (lactones) is 4. The third kappa shape index (κ3) is 12.1. The molecule has 0 N–H and O–H groups in total. The Kier molecular flexibility index (Phi) is 15.1. The van der Waals surface area contributed by atoms with Crippen LogP contribution in [0.4, 0.5) is 46.3 Å². The second kappa shape index (κ2) is 20.6. The average molecular weight is 786 g/mol. The van der Waals surface area contributed by atoms with E-state index in [4.69, 9.17) is 18.9 Å². The molecule has 6 heterocycles. The molecular weight excluding hydrogens is 737 g/mol. The van der Waals surface area contributed by atoms with E-state index in [1.165, 1.54) is 16.5 Å². The third-order valence-corrected chi connectivity index (χ3v) is 8.99. The normalized spacial score (nSPS) is 16.6. The van der Waals surface area contributed by atoms with Gasteiger partial charge in [0.05, 0.1) is 56.4 Å². The van der Waals surface area contributed by atoms with Crippen molar-refractivity contribution in [3.8, 4) is 0 Å². The van der Waals surface area contributed by atoms with Crippen LogP contribution in [0.2, 0.25) is 0 Å². The quantitative estimate of drug-likeness (QED) is 0.187. The maximum Gasteiger partial charge on any atom is 0.414 e. The fourth-order valence-corrected chi connectivity index (χ4v) is 5.76. The number of aromatic nitrogens is 3. The largest absolute Gasteiger partial charge is 0.449 e. The Morgan fingerprint density at radius 1 is 0.491 bits per heavy atom. The van der Waals surface area contributed by atoms with Crippen LogP contribution in [0.5, 0.6) is 0 Å². The second-order valence-corrected chi connectivity index (χ2v) is 13.4. The van der Waals surface area contributed by atoms with Crippen molar-refractivity contribution in [1.29, 1.82) is 0 Å². The van der Waals surface area contributed by atoms with E-state index < -0.39 is 6.09 Å². The minimum Gasteiger partial charge on any atom is -0.449 e. The third-order valence-electron chi connectivity index (χ3n) is 8.99. The molecule has 4 aliphatic heterocycles. The summed E-state index contributed by atoms with van der Waals surface area (Å²) in [4.78, 5) is 63.9. The molecule has 0 radical (unpaired) electrons. The standard InChI is InChI=1S/C11H12FNO2.C11H13NO2.C10H12N2O2.C9H11N3O2/c1-8-3-4-9(7-10(8)12)13-5-2-6-15-11(13)14;1-9-3-5-10(6-4-9)12-7-2-8-14-11(12)13;1-8-3-4-9(7-11-8)12-5-2-6-14-10(12)13;1-7-10-5-8(6-11-7)12-3-2-4-14-9(12)13/h3-4,7H,2,5-6H2,1H3;3-6H,2,7-8H2,1H3;3-4,7H,2,5-6H2,1H3;5-6H,2-4H2,1H3. The van der Waals surface area contributed by atoms with Crippen molar-refractivity contribution in [2.45, 2.75) is 53.4 Å². The van der Waals surface area contributed by atoms with Gasteiger partial charge in [-0.3, -0.25) is 24.6 Å². The Morgan fingerprint density at radius 3 is 1.33 bits per heavy atom. The van der Waals surface area contributed by atoms with Crippen LogP contribution in [-0.2, 0) is 18.9 Å². The van der Waals surface area contributed by atoms with Gasteiger partial charge in [-0.2, -0.15) is 0 Å². The Bertz CT molecular complexity index is 1800. The molecule has 0 atom stereocenters. The van der Waals surface area contributed by atoms with Crippen molar-refractivity contribution >= 4 is 47.1 Å². The SMILES string of the molecule is Cc1ccc(N2CCCOC2=O)cc1.Cc1ccc(N2CCCOC2=O)cc1F.Cc1ccc(N2CCCOC2=O)cn1.Cc1ncc(N2CCCOC2=O)cn1. The van der Waals surface area contributed by atoms with Crippen LogP contribution in [0.25, 0.3) is 0 Å². The van der Waals surface area contributed by atoms with Crippen LogP contribution in [0.15, 0.2) is 73.2 Å². The van der Waals surface area contributed by atoms with Crippen molar-refractivity contribution < 1.29 is 42.5 Å². The number of benzene rings is 2. The van der Waals surface area contributed by atoms with Gasteiger partial charge in [0.25, 0.3) is 0 Å². The van der Waals surface area contributed by atoms with Crippen LogP contribution in [0.1, 0.15) is 48.3 Å². The lowest BCUT2D eigenvalue weighted by atomic mass is 10.2. The molecule has 15 nitrogen and oxygen atoms in total. The summed E-state index contributed by atoms with van der Waals surface area (Å²) >= 11 is 0. The molecule has 8 rings (SSSR count). The van der Waals surface area contributed by atoms with Crippen LogP contribution in [0.3, 0.4) is 0 Å². The molecule has 4 aromatic rings. The van der Waals surface area contributed by atoms with E-state index in [-0.39, 0.29) is 24.1 Å². The Hall–Kier alpha value is -6.32. The molecule has 0 spiro atoms. The first-order valence-corrected chi connectivity index (χ1v) is 18.8. The highest BCUT2D eigenvalue weighted by Crippen LogP contribution is 2.22. The van der Waals surface area contributed by atoms with Gasteiger partial charge in [0.2, 0.25) is 0 Å². The summed E-state index contributed by atoms with van der Waals surface area (Å²) < 4.78 is 33.0. The van der Waals surface area contributed by atoms with Crippen molar-refractivity contribution in [3.63, 3.8) is 0 Å². The predicted molar refractivity (Wildman–Crippen MR) is 211 cm³/mol. The van der Waals surface area contributed by atoms with Crippen molar-refractivity contribution in [2.24, 2.45) is 0 Å². The highest BCUT2D eigenvalue weighted by Gasteiger charge is 2.24. The number of ether oxygens (including phenoxy) is 4. The number of nitrogens with zero attached hydrogens (tertiary/aromatic N) is 7. The predicted octanol–water partition coefficient (Wildman–Crippen LogP) is 7.69. The number of carbonyl (C=O) groups is 4. The fraction of sp³-hybridized carbons (Fsp3) is 0.390. The van der Waals surface area contributed by atoms with E-state index in [0.717, 1.165) is 49.3 Å². The highest BCUT2D eigenvalue weighted by molar-refractivity contribution is 5.89. The number of rotatable bonds is 4. The van der Waals surface area contributed by atoms with Gasteiger partial charge in [0.1, 0.15) is 11.6 Å². The molecule has 0 bridgehead atoms.